The van der Waals surface area contributed by atoms with Crippen molar-refractivity contribution in [2.75, 3.05) is 19.8 Å². The number of unbranched alkanes of at least 4 members (excludes halogenated alkanes) is 3. The van der Waals surface area contributed by atoms with E-state index in [1.807, 2.05) is 0 Å². The van der Waals surface area contributed by atoms with E-state index in [-0.39, 0.29) is 0 Å². The lowest BCUT2D eigenvalue weighted by Gasteiger charge is -2.32. The van der Waals surface area contributed by atoms with Crippen molar-refractivity contribution >= 4 is 8.32 Å². The van der Waals surface area contributed by atoms with Gasteiger partial charge < -0.3 is 9.16 Å². The van der Waals surface area contributed by atoms with Crippen LogP contribution in [-0.2, 0) is 9.16 Å². The molecule has 0 rings (SSSR count). The molecule has 0 saturated heterocycles. The maximum atomic E-state index is 6.45. The van der Waals surface area contributed by atoms with E-state index in [1.165, 1.54) is 56.7 Å². The van der Waals surface area contributed by atoms with Crippen LogP contribution in [0.1, 0.15) is 66.2 Å². The van der Waals surface area contributed by atoms with E-state index in [0.29, 0.717) is 0 Å². The molecular formula is C16H36O2Si. The highest BCUT2D eigenvalue weighted by atomic mass is 28.4. The van der Waals surface area contributed by atoms with Gasteiger partial charge in [-0.25, -0.2) is 0 Å². The van der Waals surface area contributed by atoms with Crippen LogP contribution < -0.4 is 0 Å². The van der Waals surface area contributed by atoms with E-state index in [1.54, 1.807) is 0 Å². The topological polar surface area (TPSA) is 18.5 Å². The van der Waals surface area contributed by atoms with Crippen LogP contribution in [0.4, 0.5) is 0 Å². The van der Waals surface area contributed by atoms with Gasteiger partial charge in [0.2, 0.25) is 0 Å². The second-order valence-electron chi connectivity index (χ2n) is 5.54. The smallest absolute Gasteiger partial charge is 0.192 e. The summed E-state index contributed by atoms with van der Waals surface area (Å²) in [6.07, 6.45) is 7.91. The van der Waals surface area contributed by atoms with Gasteiger partial charge in [-0.15, -0.1) is 0 Å². The molecule has 0 aromatic carbocycles. The van der Waals surface area contributed by atoms with Crippen molar-refractivity contribution in [1.29, 1.82) is 0 Å². The first kappa shape index (κ1) is 19.1. The van der Waals surface area contributed by atoms with Crippen molar-refractivity contribution < 1.29 is 9.16 Å². The van der Waals surface area contributed by atoms with Gasteiger partial charge in [0.05, 0.1) is 13.2 Å². The quantitative estimate of drug-likeness (QED) is 0.315. The van der Waals surface area contributed by atoms with E-state index in [2.05, 4.69) is 27.7 Å². The van der Waals surface area contributed by atoms with E-state index < -0.39 is 8.32 Å². The summed E-state index contributed by atoms with van der Waals surface area (Å²) in [6.45, 7) is 11.3. The third-order valence-corrected chi connectivity index (χ3v) is 8.41. The molecule has 0 atom stereocenters. The first-order valence-corrected chi connectivity index (χ1v) is 11.0. The standard InChI is InChI=1S/C16H36O2Si/c1-5-9-14-19(15-10-6-2,16-11-7-3)18-13-12-17-8-4/h5-16H2,1-4H3. The average molecular weight is 289 g/mol. The molecule has 0 heterocycles. The Balaban J connectivity index is 4.38. The summed E-state index contributed by atoms with van der Waals surface area (Å²) in [5.41, 5.74) is 0. The molecule has 0 bridgehead atoms. The van der Waals surface area contributed by atoms with Crippen molar-refractivity contribution in [3.8, 4) is 0 Å². The third kappa shape index (κ3) is 9.64. The zero-order valence-corrected chi connectivity index (χ0v) is 14.8. The Morgan fingerprint density at radius 2 is 1.16 bits per heavy atom. The third-order valence-electron chi connectivity index (χ3n) is 3.80. The van der Waals surface area contributed by atoms with Gasteiger partial charge in [0, 0.05) is 6.61 Å². The fourth-order valence-corrected chi connectivity index (χ4v) is 7.24. The fraction of sp³-hybridized carbons (Fsp3) is 1.00. The predicted molar refractivity (Wildman–Crippen MR) is 87.3 cm³/mol. The van der Waals surface area contributed by atoms with Crippen molar-refractivity contribution in [3.63, 3.8) is 0 Å². The molecule has 0 amide bonds. The molecule has 0 saturated carbocycles. The summed E-state index contributed by atoms with van der Waals surface area (Å²) in [7, 11) is -1.49. The molecule has 3 heteroatoms. The minimum Gasteiger partial charge on any atom is -0.414 e. The molecule has 0 aliphatic heterocycles. The van der Waals surface area contributed by atoms with Gasteiger partial charge in [0.1, 0.15) is 0 Å². The van der Waals surface area contributed by atoms with E-state index in [9.17, 15) is 0 Å². The van der Waals surface area contributed by atoms with Crippen LogP contribution in [0.25, 0.3) is 0 Å². The van der Waals surface area contributed by atoms with Gasteiger partial charge in [0.25, 0.3) is 0 Å². The lowest BCUT2D eigenvalue weighted by molar-refractivity contribution is 0.105. The summed E-state index contributed by atoms with van der Waals surface area (Å²) < 4.78 is 11.9. The van der Waals surface area contributed by atoms with Crippen LogP contribution in [-0.4, -0.2) is 28.1 Å². The van der Waals surface area contributed by atoms with Gasteiger partial charge in [-0.3, -0.25) is 0 Å². The summed E-state index contributed by atoms with van der Waals surface area (Å²) >= 11 is 0. The summed E-state index contributed by atoms with van der Waals surface area (Å²) in [6, 6.07) is 4.07. The van der Waals surface area contributed by atoms with Crippen LogP contribution >= 0.6 is 0 Å². The molecule has 0 aromatic rings. The van der Waals surface area contributed by atoms with E-state index in [4.69, 9.17) is 9.16 Å². The second-order valence-corrected chi connectivity index (χ2v) is 9.69. The Labute approximate surface area is 122 Å². The molecule has 0 spiro atoms. The maximum Gasteiger partial charge on any atom is 0.192 e. The molecule has 0 aromatic heterocycles. The molecule has 0 aliphatic rings. The summed E-state index contributed by atoms with van der Waals surface area (Å²) in [5.74, 6) is 0. The first-order chi connectivity index (χ1) is 9.24. The van der Waals surface area contributed by atoms with Crippen LogP contribution in [0, 0.1) is 0 Å². The Morgan fingerprint density at radius 3 is 1.53 bits per heavy atom. The average Bonchev–Trinajstić information content (AvgIpc) is 2.44. The van der Waals surface area contributed by atoms with Crippen molar-refractivity contribution in [2.24, 2.45) is 0 Å². The summed E-state index contributed by atoms with van der Waals surface area (Å²) in [5, 5.41) is 0. The molecular weight excluding hydrogens is 252 g/mol. The van der Waals surface area contributed by atoms with Crippen LogP contribution in [0.2, 0.25) is 18.1 Å². The Kier molecular flexibility index (Phi) is 13.2. The van der Waals surface area contributed by atoms with E-state index in [0.717, 1.165) is 19.8 Å². The zero-order chi connectivity index (χ0) is 14.4. The lowest BCUT2D eigenvalue weighted by Crippen LogP contribution is -2.39. The van der Waals surface area contributed by atoms with Crippen LogP contribution in [0.15, 0.2) is 0 Å². The molecule has 0 unspecified atom stereocenters. The van der Waals surface area contributed by atoms with Crippen LogP contribution in [0.3, 0.4) is 0 Å². The van der Waals surface area contributed by atoms with Gasteiger partial charge in [-0.1, -0.05) is 59.3 Å². The van der Waals surface area contributed by atoms with Crippen molar-refractivity contribution in [2.45, 2.75) is 84.4 Å². The van der Waals surface area contributed by atoms with Gasteiger partial charge in [-0.05, 0) is 25.1 Å². The highest BCUT2D eigenvalue weighted by molar-refractivity contribution is 6.73. The summed E-state index contributed by atoms with van der Waals surface area (Å²) in [4.78, 5) is 0. The number of ether oxygens (including phenoxy) is 1. The number of hydrogen-bond donors (Lipinski definition) is 0. The Bertz CT molecular complexity index is 164. The predicted octanol–water partition coefficient (Wildman–Crippen LogP) is 5.39. The molecule has 0 N–H and O–H groups in total. The molecule has 0 radical (unpaired) electrons. The van der Waals surface area contributed by atoms with E-state index >= 15 is 0 Å². The minimum absolute atomic E-state index is 0.773. The minimum atomic E-state index is -1.49. The van der Waals surface area contributed by atoms with Crippen molar-refractivity contribution in [3.05, 3.63) is 0 Å². The first-order valence-electron chi connectivity index (χ1n) is 8.46. The highest BCUT2D eigenvalue weighted by Gasteiger charge is 2.32. The Morgan fingerprint density at radius 1 is 0.684 bits per heavy atom. The fourth-order valence-electron chi connectivity index (χ4n) is 2.55. The van der Waals surface area contributed by atoms with Gasteiger partial charge >= 0.3 is 0 Å². The molecule has 0 fully saturated rings. The SMILES string of the molecule is CCCC[Si](CCCC)(CCCC)OCCOCC. The number of rotatable bonds is 14. The normalized spacial score (nSPS) is 12.0. The monoisotopic (exact) mass is 288 g/mol. The van der Waals surface area contributed by atoms with Crippen LogP contribution in [0.5, 0.6) is 0 Å². The molecule has 116 valence electrons. The molecule has 19 heavy (non-hydrogen) atoms. The zero-order valence-electron chi connectivity index (χ0n) is 13.8. The van der Waals surface area contributed by atoms with Gasteiger partial charge in [-0.2, -0.15) is 0 Å². The molecule has 0 aliphatic carbocycles. The van der Waals surface area contributed by atoms with Crippen molar-refractivity contribution in [1.82, 2.24) is 0 Å². The Hall–Kier alpha value is 0.137. The maximum absolute atomic E-state index is 6.45. The number of hydrogen-bond acceptors (Lipinski definition) is 2. The highest BCUT2D eigenvalue weighted by Crippen LogP contribution is 2.29. The van der Waals surface area contributed by atoms with Gasteiger partial charge in [0.15, 0.2) is 8.32 Å². The molecule has 2 nitrogen and oxygen atoms in total. The largest absolute Gasteiger partial charge is 0.414 e. The second kappa shape index (κ2) is 13.1. The lowest BCUT2D eigenvalue weighted by atomic mass is 10.4.